The van der Waals surface area contributed by atoms with Crippen LogP contribution in [-0.2, 0) is 16.1 Å². The minimum Gasteiger partial charge on any atom is -0.459 e. The molecule has 0 aliphatic carbocycles. The summed E-state index contributed by atoms with van der Waals surface area (Å²) in [5.74, 6) is -1.12. The molecule has 3 N–H and O–H groups in total. The highest BCUT2D eigenvalue weighted by Gasteiger charge is 2.11. The summed E-state index contributed by atoms with van der Waals surface area (Å²) in [4.78, 5) is 39.4. The fraction of sp³-hybridized carbons (Fsp3) is 0.263. The Balaban J connectivity index is 1.29. The maximum absolute atomic E-state index is 11.8. The Kier molecular flexibility index (Phi) is 6.40. The molecule has 0 fully saturated rings. The fourth-order valence-electron chi connectivity index (χ4n) is 2.62. The number of amides is 3. The van der Waals surface area contributed by atoms with Crippen LogP contribution in [0.3, 0.4) is 0 Å². The summed E-state index contributed by atoms with van der Waals surface area (Å²) < 4.78 is 6.95. The average Bonchev–Trinajstić information content (AvgIpc) is 3.38. The standard InChI is InChI=1S/C19H21N5O4/c25-17(11-21-18(26)12-22-19(27)16-7-3-10-28-16)20-8-4-9-24-13-23-14-5-1-2-6-15(14)24/h1-3,5-7,10,13H,4,8-9,11-12H2,(H,20,25)(H,21,26)(H,22,27). The van der Waals surface area contributed by atoms with Crippen molar-refractivity contribution in [3.63, 3.8) is 0 Å². The van der Waals surface area contributed by atoms with Gasteiger partial charge in [-0.1, -0.05) is 12.1 Å². The van der Waals surface area contributed by atoms with Gasteiger partial charge >= 0.3 is 0 Å². The number of nitrogens with one attached hydrogen (secondary N) is 3. The summed E-state index contributed by atoms with van der Waals surface area (Å²) in [7, 11) is 0. The van der Waals surface area contributed by atoms with Crippen LogP contribution in [0.15, 0.2) is 53.4 Å². The number of aryl methyl sites for hydroxylation is 1. The Hall–Kier alpha value is -3.62. The van der Waals surface area contributed by atoms with Crippen molar-refractivity contribution in [2.45, 2.75) is 13.0 Å². The van der Waals surface area contributed by atoms with Crippen LogP contribution < -0.4 is 16.0 Å². The second-order valence-electron chi connectivity index (χ2n) is 6.07. The summed E-state index contributed by atoms with van der Waals surface area (Å²) in [6.07, 6.45) is 3.89. The van der Waals surface area contributed by atoms with Crippen molar-refractivity contribution >= 4 is 28.8 Å². The van der Waals surface area contributed by atoms with Crippen LogP contribution in [0.2, 0.25) is 0 Å². The maximum atomic E-state index is 11.8. The van der Waals surface area contributed by atoms with Crippen LogP contribution in [0.1, 0.15) is 17.0 Å². The number of rotatable bonds is 9. The summed E-state index contributed by atoms with van der Waals surface area (Å²) >= 11 is 0. The van der Waals surface area contributed by atoms with Crippen molar-refractivity contribution in [1.29, 1.82) is 0 Å². The Morgan fingerprint density at radius 3 is 2.57 bits per heavy atom. The van der Waals surface area contributed by atoms with E-state index in [0.717, 1.165) is 24.0 Å². The average molecular weight is 383 g/mol. The van der Waals surface area contributed by atoms with Crippen LogP contribution in [0.5, 0.6) is 0 Å². The molecule has 28 heavy (non-hydrogen) atoms. The molecule has 0 spiro atoms. The first-order valence-electron chi connectivity index (χ1n) is 8.88. The van der Waals surface area contributed by atoms with E-state index in [2.05, 4.69) is 20.9 Å². The molecule has 1 aromatic carbocycles. The fourth-order valence-corrected chi connectivity index (χ4v) is 2.62. The molecule has 9 nitrogen and oxygen atoms in total. The minimum atomic E-state index is -0.489. The van der Waals surface area contributed by atoms with Gasteiger partial charge in [0.15, 0.2) is 5.76 Å². The molecule has 3 amide bonds. The quantitative estimate of drug-likeness (QED) is 0.470. The van der Waals surface area contributed by atoms with Crippen molar-refractivity contribution in [3.05, 3.63) is 54.7 Å². The van der Waals surface area contributed by atoms with Gasteiger partial charge in [-0.2, -0.15) is 0 Å². The van der Waals surface area contributed by atoms with Crippen molar-refractivity contribution in [3.8, 4) is 0 Å². The minimum absolute atomic E-state index is 0.121. The van der Waals surface area contributed by atoms with Gasteiger partial charge in [0, 0.05) is 13.1 Å². The number of aromatic nitrogens is 2. The maximum Gasteiger partial charge on any atom is 0.287 e. The Bertz CT molecular complexity index is 948. The van der Waals surface area contributed by atoms with Crippen molar-refractivity contribution in [1.82, 2.24) is 25.5 Å². The molecule has 0 unspecified atom stereocenters. The zero-order valence-corrected chi connectivity index (χ0v) is 15.2. The number of para-hydroxylation sites is 2. The second kappa shape index (κ2) is 9.36. The van der Waals surface area contributed by atoms with Crippen molar-refractivity contribution in [2.75, 3.05) is 19.6 Å². The van der Waals surface area contributed by atoms with Crippen molar-refractivity contribution < 1.29 is 18.8 Å². The van der Waals surface area contributed by atoms with Crippen LogP contribution in [0, 0.1) is 0 Å². The highest BCUT2D eigenvalue weighted by atomic mass is 16.3. The van der Waals surface area contributed by atoms with E-state index in [1.54, 1.807) is 12.4 Å². The molecule has 0 aliphatic heterocycles. The molecule has 3 aromatic rings. The molecule has 3 rings (SSSR count). The van der Waals surface area contributed by atoms with E-state index in [1.807, 2.05) is 28.8 Å². The first kappa shape index (κ1) is 19.2. The highest BCUT2D eigenvalue weighted by Crippen LogP contribution is 2.11. The molecule has 0 aliphatic rings. The summed E-state index contributed by atoms with van der Waals surface area (Å²) in [5.41, 5.74) is 1.99. The number of imidazole rings is 1. The van der Waals surface area contributed by atoms with E-state index in [0.29, 0.717) is 6.54 Å². The third-order valence-corrected chi connectivity index (χ3v) is 4.03. The predicted octanol–water partition coefficient (Wildman–Crippen LogP) is 0.682. The Morgan fingerprint density at radius 2 is 1.75 bits per heavy atom. The summed E-state index contributed by atoms with van der Waals surface area (Å²) in [5, 5.41) is 7.60. The van der Waals surface area contributed by atoms with Gasteiger partial charge in [0.25, 0.3) is 5.91 Å². The lowest BCUT2D eigenvalue weighted by Crippen LogP contribution is -2.42. The number of hydrogen-bond donors (Lipinski definition) is 3. The summed E-state index contributed by atoms with van der Waals surface area (Å²) in [6, 6.07) is 10.9. The number of nitrogens with zero attached hydrogens (tertiary/aromatic N) is 2. The molecular formula is C19H21N5O4. The third kappa shape index (κ3) is 5.19. The van der Waals surface area contributed by atoms with Crippen LogP contribution >= 0.6 is 0 Å². The van der Waals surface area contributed by atoms with E-state index in [-0.39, 0.29) is 24.8 Å². The molecular weight excluding hydrogens is 362 g/mol. The van der Waals surface area contributed by atoms with Crippen LogP contribution in [-0.4, -0.2) is 46.9 Å². The molecule has 0 saturated heterocycles. The molecule has 0 radical (unpaired) electrons. The van der Waals surface area contributed by atoms with Gasteiger partial charge < -0.3 is 24.9 Å². The first-order valence-corrected chi connectivity index (χ1v) is 8.88. The number of hydrogen-bond acceptors (Lipinski definition) is 5. The van der Waals surface area contributed by atoms with Gasteiger partial charge in [-0.3, -0.25) is 14.4 Å². The monoisotopic (exact) mass is 383 g/mol. The lowest BCUT2D eigenvalue weighted by atomic mass is 10.3. The lowest BCUT2D eigenvalue weighted by molar-refractivity contribution is -0.125. The molecule has 0 saturated carbocycles. The normalized spacial score (nSPS) is 10.6. The van der Waals surface area contributed by atoms with E-state index < -0.39 is 11.8 Å². The zero-order chi connectivity index (χ0) is 19.8. The molecule has 0 bridgehead atoms. The molecule has 9 heteroatoms. The third-order valence-electron chi connectivity index (χ3n) is 4.03. The van der Waals surface area contributed by atoms with Crippen molar-refractivity contribution in [2.24, 2.45) is 0 Å². The Morgan fingerprint density at radius 1 is 0.964 bits per heavy atom. The SMILES string of the molecule is O=C(CNC(=O)CNC(=O)c1ccco1)NCCCn1cnc2ccccc21. The first-order chi connectivity index (χ1) is 13.6. The molecule has 146 valence electrons. The topological polar surface area (TPSA) is 118 Å². The predicted molar refractivity (Wildman–Crippen MR) is 101 cm³/mol. The van der Waals surface area contributed by atoms with E-state index in [1.165, 1.54) is 12.3 Å². The largest absolute Gasteiger partial charge is 0.459 e. The highest BCUT2D eigenvalue weighted by molar-refractivity contribution is 5.94. The molecule has 2 aromatic heterocycles. The van der Waals surface area contributed by atoms with E-state index in [9.17, 15) is 14.4 Å². The number of carbonyl (C=O) groups is 3. The van der Waals surface area contributed by atoms with Gasteiger partial charge in [-0.25, -0.2) is 4.98 Å². The number of furan rings is 1. The van der Waals surface area contributed by atoms with Gasteiger partial charge in [0.05, 0.1) is 36.7 Å². The zero-order valence-electron chi connectivity index (χ0n) is 15.2. The number of carbonyl (C=O) groups excluding carboxylic acids is 3. The Labute approximate surface area is 161 Å². The van der Waals surface area contributed by atoms with Gasteiger partial charge in [0.1, 0.15) is 0 Å². The van der Waals surface area contributed by atoms with Gasteiger partial charge in [-0.05, 0) is 30.7 Å². The summed E-state index contributed by atoms with van der Waals surface area (Å²) in [6.45, 7) is 0.826. The molecule has 2 heterocycles. The number of benzene rings is 1. The van der Waals surface area contributed by atoms with Crippen LogP contribution in [0.25, 0.3) is 11.0 Å². The number of fused-ring (bicyclic) bond motifs is 1. The smallest absolute Gasteiger partial charge is 0.287 e. The van der Waals surface area contributed by atoms with E-state index >= 15 is 0 Å². The van der Waals surface area contributed by atoms with E-state index in [4.69, 9.17) is 4.42 Å². The van der Waals surface area contributed by atoms with Crippen LogP contribution in [0.4, 0.5) is 0 Å². The second-order valence-corrected chi connectivity index (χ2v) is 6.07. The van der Waals surface area contributed by atoms with Gasteiger partial charge in [-0.15, -0.1) is 0 Å². The molecule has 0 atom stereocenters. The lowest BCUT2D eigenvalue weighted by Gasteiger charge is -2.08. The van der Waals surface area contributed by atoms with Gasteiger partial charge in [0.2, 0.25) is 11.8 Å².